The highest BCUT2D eigenvalue weighted by molar-refractivity contribution is 7.92. The highest BCUT2D eigenvalue weighted by Crippen LogP contribution is 2.27. The second-order valence-corrected chi connectivity index (χ2v) is 8.15. The molecule has 0 unspecified atom stereocenters. The summed E-state index contributed by atoms with van der Waals surface area (Å²) in [5.41, 5.74) is 1.06. The van der Waals surface area contributed by atoms with E-state index in [-0.39, 0.29) is 6.54 Å². The Balaban J connectivity index is 1.70. The fourth-order valence-corrected chi connectivity index (χ4v) is 3.38. The molecule has 1 aromatic heterocycles. The topological polar surface area (TPSA) is 79.5 Å². The maximum absolute atomic E-state index is 12.2. The van der Waals surface area contributed by atoms with Crippen LogP contribution in [0.25, 0.3) is 17.0 Å². The number of rotatable bonds is 6. The summed E-state index contributed by atoms with van der Waals surface area (Å²) >= 11 is 0. The molecule has 6 heteroatoms. The first-order valence-corrected chi connectivity index (χ1v) is 9.76. The Kier molecular flexibility index (Phi) is 5.00. The van der Waals surface area contributed by atoms with Crippen molar-refractivity contribution in [2.75, 3.05) is 6.54 Å². The third-order valence-electron chi connectivity index (χ3n) is 4.09. The predicted molar refractivity (Wildman–Crippen MR) is 103 cm³/mol. The van der Waals surface area contributed by atoms with Crippen LogP contribution in [0.15, 0.2) is 64.4 Å². The summed E-state index contributed by atoms with van der Waals surface area (Å²) in [7, 11) is -3.69. The standard InChI is InChI=1S/C20H21NO4S/c1-15-7-9-16(10-8-15)11-12-26(23,24)21-14-20(2,22)19-13-17-5-3-4-6-18(17)25-19/h3-13,21-22H,14H2,1-2H3/b12-11+/t20-/m0/s1. The first kappa shape index (κ1) is 18.4. The molecule has 2 aromatic carbocycles. The molecule has 1 atom stereocenters. The van der Waals surface area contributed by atoms with E-state index < -0.39 is 15.6 Å². The lowest BCUT2D eigenvalue weighted by Gasteiger charge is -2.20. The van der Waals surface area contributed by atoms with Crippen LogP contribution < -0.4 is 4.72 Å². The van der Waals surface area contributed by atoms with Crippen molar-refractivity contribution < 1.29 is 17.9 Å². The van der Waals surface area contributed by atoms with Crippen LogP contribution in [0.2, 0.25) is 0 Å². The monoisotopic (exact) mass is 371 g/mol. The molecule has 2 N–H and O–H groups in total. The minimum atomic E-state index is -3.69. The molecule has 0 aliphatic rings. The van der Waals surface area contributed by atoms with E-state index >= 15 is 0 Å². The molecule has 5 nitrogen and oxygen atoms in total. The smallest absolute Gasteiger partial charge is 0.233 e. The van der Waals surface area contributed by atoms with Gasteiger partial charge in [-0.1, -0.05) is 48.0 Å². The van der Waals surface area contributed by atoms with Crippen molar-refractivity contribution in [1.29, 1.82) is 0 Å². The number of sulfonamides is 1. The van der Waals surface area contributed by atoms with Gasteiger partial charge in [-0.3, -0.25) is 0 Å². The molecule has 0 amide bonds. The molecular formula is C20H21NO4S. The number of hydrogen-bond acceptors (Lipinski definition) is 4. The molecule has 0 radical (unpaired) electrons. The molecule has 26 heavy (non-hydrogen) atoms. The lowest BCUT2D eigenvalue weighted by molar-refractivity contribution is 0.0412. The molecule has 3 aromatic rings. The zero-order valence-corrected chi connectivity index (χ0v) is 15.5. The van der Waals surface area contributed by atoms with E-state index in [1.807, 2.05) is 49.4 Å². The average molecular weight is 371 g/mol. The molecule has 3 rings (SSSR count). The number of nitrogens with one attached hydrogen (secondary N) is 1. The van der Waals surface area contributed by atoms with Gasteiger partial charge in [0.2, 0.25) is 10.0 Å². The fraction of sp³-hybridized carbons (Fsp3) is 0.200. The molecule has 1 heterocycles. The van der Waals surface area contributed by atoms with Gasteiger partial charge in [-0.25, -0.2) is 13.1 Å². The van der Waals surface area contributed by atoms with Gasteiger partial charge >= 0.3 is 0 Å². The summed E-state index contributed by atoms with van der Waals surface area (Å²) in [6.45, 7) is 3.27. The minimum Gasteiger partial charge on any atom is -0.458 e. The molecule has 0 aliphatic heterocycles. The van der Waals surface area contributed by atoms with Crippen LogP contribution in [-0.2, 0) is 15.6 Å². The van der Waals surface area contributed by atoms with Crippen molar-refractivity contribution in [3.05, 3.63) is 76.9 Å². The highest BCUT2D eigenvalue weighted by atomic mass is 32.2. The fourth-order valence-electron chi connectivity index (χ4n) is 2.47. The van der Waals surface area contributed by atoms with Crippen LogP contribution in [-0.4, -0.2) is 20.1 Å². The van der Waals surface area contributed by atoms with Crippen molar-refractivity contribution in [2.24, 2.45) is 0 Å². The normalized spacial score (nSPS) is 14.7. The zero-order valence-electron chi connectivity index (χ0n) is 14.6. The van der Waals surface area contributed by atoms with Gasteiger partial charge in [0.25, 0.3) is 0 Å². The van der Waals surface area contributed by atoms with Crippen LogP contribution in [0, 0.1) is 6.92 Å². The van der Waals surface area contributed by atoms with Crippen molar-refractivity contribution in [3.8, 4) is 0 Å². The first-order valence-electron chi connectivity index (χ1n) is 8.21. The molecule has 0 fully saturated rings. The van der Waals surface area contributed by atoms with Gasteiger partial charge in [-0.05, 0) is 37.6 Å². The van der Waals surface area contributed by atoms with Crippen molar-refractivity contribution >= 4 is 27.1 Å². The van der Waals surface area contributed by atoms with Gasteiger partial charge in [0.1, 0.15) is 16.9 Å². The molecule has 0 bridgehead atoms. The molecule has 0 spiro atoms. The van der Waals surface area contributed by atoms with Crippen LogP contribution in [0.1, 0.15) is 23.8 Å². The van der Waals surface area contributed by atoms with Crippen molar-refractivity contribution in [3.63, 3.8) is 0 Å². The van der Waals surface area contributed by atoms with Crippen molar-refractivity contribution in [1.82, 2.24) is 4.72 Å². The number of benzene rings is 2. The summed E-state index contributed by atoms with van der Waals surface area (Å²) in [5, 5.41) is 12.6. The van der Waals surface area contributed by atoms with E-state index in [4.69, 9.17) is 4.42 Å². The maximum atomic E-state index is 12.2. The Labute approximate surface area is 153 Å². The molecular weight excluding hydrogens is 350 g/mol. The van der Waals surface area contributed by atoms with E-state index in [1.165, 1.54) is 13.0 Å². The Morgan fingerprint density at radius 1 is 1.15 bits per heavy atom. The Morgan fingerprint density at radius 2 is 1.85 bits per heavy atom. The zero-order chi connectivity index (χ0) is 18.8. The van der Waals surface area contributed by atoms with Gasteiger partial charge in [0, 0.05) is 17.3 Å². The quantitative estimate of drug-likeness (QED) is 0.695. The maximum Gasteiger partial charge on any atom is 0.233 e. The number of para-hydroxylation sites is 1. The molecule has 0 saturated carbocycles. The largest absolute Gasteiger partial charge is 0.458 e. The summed E-state index contributed by atoms with van der Waals surface area (Å²) in [4.78, 5) is 0. The second-order valence-electron chi connectivity index (χ2n) is 6.50. The van der Waals surface area contributed by atoms with E-state index in [9.17, 15) is 13.5 Å². The van der Waals surface area contributed by atoms with Gasteiger partial charge in [-0.15, -0.1) is 0 Å². The number of hydrogen-bond donors (Lipinski definition) is 2. The Hall–Kier alpha value is -2.41. The summed E-state index contributed by atoms with van der Waals surface area (Å²) in [6, 6.07) is 16.6. The molecule has 0 saturated heterocycles. The Morgan fingerprint density at radius 3 is 2.54 bits per heavy atom. The van der Waals surface area contributed by atoms with Crippen LogP contribution in [0.3, 0.4) is 0 Å². The average Bonchev–Trinajstić information content (AvgIpc) is 3.05. The predicted octanol–water partition coefficient (Wildman–Crippen LogP) is 3.54. The van der Waals surface area contributed by atoms with Gasteiger partial charge in [-0.2, -0.15) is 0 Å². The lowest BCUT2D eigenvalue weighted by atomic mass is 10.0. The van der Waals surface area contributed by atoms with E-state index in [2.05, 4.69) is 4.72 Å². The Bertz CT molecular complexity index is 998. The van der Waals surface area contributed by atoms with E-state index in [1.54, 1.807) is 12.1 Å². The van der Waals surface area contributed by atoms with Crippen LogP contribution in [0.5, 0.6) is 0 Å². The van der Waals surface area contributed by atoms with Crippen molar-refractivity contribution in [2.45, 2.75) is 19.4 Å². The van der Waals surface area contributed by atoms with Crippen LogP contribution >= 0.6 is 0 Å². The number of aliphatic hydroxyl groups is 1. The summed E-state index contributed by atoms with van der Waals surface area (Å²) in [6.07, 6.45) is 1.51. The summed E-state index contributed by atoms with van der Waals surface area (Å²) < 4.78 is 32.4. The SMILES string of the molecule is Cc1ccc(/C=C/S(=O)(=O)NC[C@](C)(O)c2cc3ccccc3o2)cc1. The lowest BCUT2D eigenvalue weighted by Crippen LogP contribution is -2.37. The molecule has 136 valence electrons. The number of furan rings is 1. The number of fused-ring (bicyclic) bond motifs is 1. The van der Waals surface area contributed by atoms with Gasteiger partial charge < -0.3 is 9.52 Å². The second kappa shape index (κ2) is 7.07. The van der Waals surface area contributed by atoms with E-state index in [0.29, 0.717) is 11.3 Å². The van der Waals surface area contributed by atoms with Crippen LogP contribution in [0.4, 0.5) is 0 Å². The third kappa shape index (κ3) is 4.40. The molecule has 0 aliphatic carbocycles. The highest BCUT2D eigenvalue weighted by Gasteiger charge is 2.28. The van der Waals surface area contributed by atoms with E-state index in [0.717, 1.165) is 21.9 Å². The summed E-state index contributed by atoms with van der Waals surface area (Å²) in [5.74, 6) is 0.309. The third-order valence-corrected chi connectivity index (χ3v) is 5.13. The number of aryl methyl sites for hydroxylation is 1. The van der Waals surface area contributed by atoms with Gasteiger partial charge in [0.15, 0.2) is 0 Å². The minimum absolute atomic E-state index is 0.201. The van der Waals surface area contributed by atoms with Gasteiger partial charge in [0.05, 0.1) is 0 Å². The first-order chi connectivity index (χ1) is 12.3.